The number of aromatic nitrogens is 1. The Morgan fingerprint density at radius 3 is 2.94 bits per heavy atom. The number of likely N-dealkylation sites (N-methyl/N-ethyl adjacent to an activating group) is 1. The number of nitro groups is 1. The molecule has 7 nitrogen and oxygen atoms in total. The van der Waals surface area contributed by atoms with Crippen LogP contribution in [0.4, 0.5) is 10.1 Å². The molecule has 8 heteroatoms. The summed E-state index contributed by atoms with van der Waals surface area (Å²) in [7, 11) is 1.92. The van der Waals surface area contributed by atoms with E-state index in [0.717, 1.165) is 50.6 Å². The topological polar surface area (TPSA) is 74.5 Å². The van der Waals surface area contributed by atoms with E-state index in [4.69, 9.17) is 0 Å². The van der Waals surface area contributed by atoms with Crippen molar-refractivity contribution in [2.45, 2.75) is 0 Å². The molecule has 0 atom stereocenters. The van der Waals surface area contributed by atoms with Gasteiger partial charge in [0.05, 0.1) is 4.92 Å². The molecule has 0 saturated carbocycles. The Morgan fingerprint density at radius 1 is 1.61 bits per heavy atom. The Labute approximate surface area is 110 Å². The zero-order valence-corrected chi connectivity index (χ0v) is 11.2. The lowest BCUT2D eigenvalue weighted by Gasteiger charge is -2.28. The van der Waals surface area contributed by atoms with Crippen molar-refractivity contribution in [2.75, 3.05) is 51.2 Å². The lowest BCUT2D eigenvalue weighted by molar-refractivity contribution is -0.380. The van der Waals surface area contributed by atoms with Gasteiger partial charge < -0.3 is 10.2 Å². The van der Waals surface area contributed by atoms with E-state index in [1.54, 1.807) is 0 Å². The number of anilines is 1. The first-order valence-electron chi connectivity index (χ1n) is 5.91. The molecule has 2 rings (SSSR count). The highest BCUT2D eigenvalue weighted by Gasteiger charge is 2.15. The van der Waals surface area contributed by atoms with E-state index in [0.29, 0.717) is 5.13 Å². The zero-order valence-electron chi connectivity index (χ0n) is 10.3. The number of hydrogen-bond acceptors (Lipinski definition) is 7. The lowest BCUT2D eigenvalue weighted by Crippen LogP contribution is -2.45. The maximum absolute atomic E-state index is 10.6. The normalized spacial score (nSPS) is 16.7. The number of rotatable bonds is 5. The minimum Gasteiger partial charge on any atom is -0.350 e. The Balaban J connectivity index is 1.82. The van der Waals surface area contributed by atoms with Gasteiger partial charge in [0.25, 0.3) is 0 Å². The van der Waals surface area contributed by atoms with Crippen molar-refractivity contribution in [2.24, 2.45) is 0 Å². The smallest absolute Gasteiger partial charge is 0.345 e. The van der Waals surface area contributed by atoms with E-state index in [2.05, 4.69) is 15.2 Å². The fourth-order valence-corrected chi connectivity index (χ4v) is 2.56. The van der Waals surface area contributed by atoms with Crippen molar-refractivity contribution >= 4 is 21.5 Å². The van der Waals surface area contributed by atoms with Crippen LogP contribution in [0.3, 0.4) is 0 Å². The van der Waals surface area contributed by atoms with E-state index in [1.165, 1.54) is 6.20 Å². The van der Waals surface area contributed by atoms with Crippen LogP contribution in [0, 0.1) is 10.1 Å². The molecule has 100 valence electrons. The highest BCUT2D eigenvalue weighted by molar-refractivity contribution is 7.18. The summed E-state index contributed by atoms with van der Waals surface area (Å²) in [5.41, 5.74) is 0. The number of hydrogen-bond donors (Lipinski definition) is 1. The summed E-state index contributed by atoms with van der Waals surface area (Å²) in [5, 5.41) is 14.7. The standard InChI is InChI=1S/C10H17N5O2S/c1-13(6-7-14-4-2-11-3-5-14)10-12-8-9(18-10)15(16)17/h8,11H,2-7H2,1H3. The zero-order chi connectivity index (χ0) is 13.0. The van der Waals surface area contributed by atoms with E-state index >= 15 is 0 Å². The van der Waals surface area contributed by atoms with E-state index in [1.807, 2.05) is 11.9 Å². The highest BCUT2D eigenvalue weighted by atomic mass is 32.1. The van der Waals surface area contributed by atoms with Gasteiger partial charge in [-0.2, -0.15) is 0 Å². The minimum atomic E-state index is -0.398. The molecule has 0 spiro atoms. The van der Waals surface area contributed by atoms with Gasteiger partial charge >= 0.3 is 5.00 Å². The second-order valence-electron chi connectivity index (χ2n) is 4.25. The van der Waals surface area contributed by atoms with E-state index in [-0.39, 0.29) is 5.00 Å². The predicted molar refractivity (Wildman–Crippen MR) is 71.3 cm³/mol. The lowest BCUT2D eigenvalue weighted by atomic mass is 10.3. The van der Waals surface area contributed by atoms with E-state index < -0.39 is 4.92 Å². The number of nitrogens with zero attached hydrogens (tertiary/aromatic N) is 4. The first-order valence-corrected chi connectivity index (χ1v) is 6.73. The van der Waals surface area contributed by atoms with Crippen LogP contribution in [0.5, 0.6) is 0 Å². The fraction of sp³-hybridized carbons (Fsp3) is 0.700. The van der Waals surface area contributed by atoms with Gasteiger partial charge in [-0.1, -0.05) is 0 Å². The third kappa shape index (κ3) is 3.37. The van der Waals surface area contributed by atoms with Crippen LogP contribution in [-0.4, -0.2) is 61.1 Å². The Bertz CT molecular complexity index is 405. The van der Waals surface area contributed by atoms with Crippen LogP contribution in [-0.2, 0) is 0 Å². The van der Waals surface area contributed by atoms with Gasteiger partial charge in [0.2, 0.25) is 0 Å². The van der Waals surface area contributed by atoms with Crippen molar-refractivity contribution in [3.8, 4) is 0 Å². The van der Waals surface area contributed by atoms with Crippen molar-refractivity contribution in [1.82, 2.24) is 15.2 Å². The Kier molecular flexibility index (Phi) is 4.45. The average Bonchev–Trinajstić information content (AvgIpc) is 2.87. The largest absolute Gasteiger partial charge is 0.350 e. The summed E-state index contributed by atoms with van der Waals surface area (Å²) in [6.07, 6.45) is 1.32. The van der Waals surface area contributed by atoms with Crippen LogP contribution in [0.1, 0.15) is 0 Å². The third-order valence-corrected chi connectivity index (χ3v) is 4.01. The molecular formula is C10H17N5O2S. The van der Waals surface area contributed by atoms with Crippen molar-refractivity contribution in [3.05, 3.63) is 16.3 Å². The average molecular weight is 271 g/mol. The molecule has 1 saturated heterocycles. The number of nitrogens with one attached hydrogen (secondary N) is 1. The summed E-state index contributed by atoms with van der Waals surface area (Å²) in [6.45, 7) is 5.99. The molecule has 1 aromatic heterocycles. The van der Waals surface area contributed by atoms with Crippen LogP contribution in [0.2, 0.25) is 0 Å². The molecule has 1 aromatic rings. The van der Waals surface area contributed by atoms with Crippen molar-refractivity contribution < 1.29 is 4.92 Å². The summed E-state index contributed by atoms with van der Waals surface area (Å²) >= 11 is 1.12. The van der Waals surface area contributed by atoms with Crippen LogP contribution < -0.4 is 10.2 Å². The number of thiazole rings is 1. The monoisotopic (exact) mass is 271 g/mol. The van der Waals surface area contributed by atoms with Gasteiger partial charge in [-0.05, 0) is 11.3 Å². The van der Waals surface area contributed by atoms with Crippen molar-refractivity contribution in [3.63, 3.8) is 0 Å². The quantitative estimate of drug-likeness (QED) is 0.617. The van der Waals surface area contributed by atoms with Crippen molar-refractivity contribution in [1.29, 1.82) is 0 Å². The molecule has 18 heavy (non-hydrogen) atoms. The molecule has 0 bridgehead atoms. The summed E-state index contributed by atoms with van der Waals surface area (Å²) in [6, 6.07) is 0. The highest BCUT2D eigenvalue weighted by Crippen LogP contribution is 2.27. The maximum Gasteiger partial charge on any atom is 0.345 e. The Morgan fingerprint density at radius 2 is 2.33 bits per heavy atom. The second kappa shape index (κ2) is 6.07. The maximum atomic E-state index is 10.6. The molecular weight excluding hydrogens is 254 g/mol. The molecule has 0 aliphatic carbocycles. The van der Waals surface area contributed by atoms with Gasteiger partial charge in [-0.15, -0.1) is 0 Å². The fourth-order valence-electron chi connectivity index (χ4n) is 1.84. The number of piperazine rings is 1. The minimum absolute atomic E-state index is 0.0963. The summed E-state index contributed by atoms with van der Waals surface area (Å²) < 4.78 is 0. The molecule has 0 unspecified atom stereocenters. The van der Waals surface area contributed by atoms with Gasteiger partial charge in [-0.3, -0.25) is 15.0 Å². The van der Waals surface area contributed by atoms with E-state index in [9.17, 15) is 10.1 Å². The molecule has 1 fully saturated rings. The first kappa shape index (κ1) is 13.2. The summed E-state index contributed by atoms with van der Waals surface area (Å²) in [5.74, 6) is 0. The van der Waals surface area contributed by atoms with Crippen LogP contribution in [0.15, 0.2) is 6.20 Å². The first-order chi connectivity index (χ1) is 8.66. The second-order valence-corrected chi connectivity index (χ2v) is 5.24. The molecule has 2 heterocycles. The van der Waals surface area contributed by atoms with Gasteiger partial charge in [0, 0.05) is 46.3 Å². The molecule has 1 aliphatic rings. The van der Waals surface area contributed by atoms with Gasteiger partial charge in [0.15, 0.2) is 5.13 Å². The van der Waals surface area contributed by atoms with Gasteiger partial charge in [-0.25, -0.2) is 4.98 Å². The van der Waals surface area contributed by atoms with Crippen LogP contribution in [0.25, 0.3) is 0 Å². The molecule has 0 aromatic carbocycles. The third-order valence-electron chi connectivity index (χ3n) is 2.95. The Hall–Kier alpha value is -1.25. The summed E-state index contributed by atoms with van der Waals surface area (Å²) in [4.78, 5) is 18.6. The molecule has 0 radical (unpaired) electrons. The molecule has 1 N–H and O–H groups in total. The SMILES string of the molecule is CN(CCN1CCNCC1)c1ncc([N+](=O)[O-])s1. The molecule has 1 aliphatic heterocycles. The van der Waals surface area contributed by atoms with Gasteiger partial charge in [0.1, 0.15) is 6.20 Å². The molecule has 0 amide bonds. The predicted octanol–water partition coefficient (Wildman–Crippen LogP) is 0.393. The van der Waals surface area contributed by atoms with Crippen LogP contribution >= 0.6 is 11.3 Å².